The fourth-order valence-electron chi connectivity index (χ4n) is 1.70. The van der Waals surface area contributed by atoms with E-state index in [9.17, 15) is 4.79 Å². The van der Waals surface area contributed by atoms with Gasteiger partial charge >= 0.3 is 0 Å². The molecule has 0 atom stereocenters. The van der Waals surface area contributed by atoms with E-state index in [4.69, 9.17) is 0 Å². The number of carbonyl (C=O) groups is 1. The number of nitrogens with zero attached hydrogens (tertiary/aromatic N) is 1. The molecule has 0 saturated heterocycles. The summed E-state index contributed by atoms with van der Waals surface area (Å²) >= 11 is 0. The molecule has 0 aliphatic rings. The molecule has 0 bridgehead atoms. The Kier molecular flexibility index (Phi) is 4.50. The average Bonchev–Trinajstić information content (AvgIpc) is 2.44. The summed E-state index contributed by atoms with van der Waals surface area (Å²) in [7, 11) is 0. The summed E-state index contributed by atoms with van der Waals surface area (Å²) in [5.74, 6) is -0.0293. The fourth-order valence-corrected chi connectivity index (χ4v) is 1.70. The largest absolute Gasteiger partial charge is 0.376 e. The van der Waals surface area contributed by atoms with Gasteiger partial charge in [0.2, 0.25) is 5.91 Å². The highest BCUT2D eigenvalue weighted by molar-refractivity contribution is 5.80. The topological polar surface area (TPSA) is 54.0 Å². The molecule has 2 rings (SSSR count). The zero-order valence-electron chi connectivity index (χ0n) is 10.9. The van der Waals surface area contributed by atoms with Gasteiger partial charge in [-0.25, -0.2) is 0 Å². The maximum atomic E-state index is 11.7. The van der Waals surface area contributed by atoms with E-state index in [2.05, 4.69) is 15.6 Å². The Bertz CT molecular complexity index is 540. The van der Waals surface area contributed by atoms with Crippen molar-refractivity contribution in [2.45, 2.75) is 13.5 Å². The minimum Gasteiger partial charge on any atom is -0.376 e. The van der Waals surface area contributed by atoms with Gasteiger partial charge in [-0.05, 0) is 24.6 Å². The number of amides is 1. The Morgan fingerprint density at radius 3 is 2.74 bits per heavy atom. The molecule has 4 nitrogen and oxygen atoms in total. The Hall–Kier alpha value is -2.36. The number of carbonyl (C=O) groups excluding carboxylic acids is 1. The van der Waals surface area contributed by atoms with Gasteiger partial charge in [-0.2, -0.15) is 0 Å². The van der Waals surface area contributed by atoms with Crippen LogP contribution in [0.4, 0.5) is 5.69 Å². The number of hydrogen-bond donors (Lipinski definition) is 2. The van der Waals surface area contributed by atoms with E-state index in [0.29, 0.717) is 6.54 Å². The van der Waals surface area contributed by atoms with Crippen molar-refractivity contribution in [2.75, 3.05) is 11.9 Å². The Balaban J connectivity index is 1.76. The van der Waals surface area contributed by atoms with Gasteiger partial charge in [0.1, 0.15) is 0 Å². The first kappa shape index (κ1) is 13.1. The molecule has 0 spiro atoms. The van der Waals surface area contributed by atoms with Crippen molar-refractivity contribution in [3.8, 4) is 0 Å². The van der Waals surface area contributed by atoms with Gasteiger partial charge in [0, 0.05) is 24.1 Å². The molecule has 1 aromatic heterocycles. The molecule has 1 heterocycles. The fraction of sp³-hybridized carbons (Fsp3) is 0.200. The summed E-state index contributed by atoms with van der Waals surface area (Å²) < 4.78 is 0. The normalized spacial score (nSPS) is 9.95. The number of nitrogens with one attached hydrogen (secondary N) is 2. The highest BCUT2D eigenvalue weighted by Crippen LogP contribution is 2.06. The van der Waals surface area contributed by atoms with Crippen LogP contribution in [0.15, 0.2) is 48.7 Å². The number of hydrogen-bond acceptors (Lipinski definition) is 3. The van der Waals surface area contributed by atoms with Crippen LogP contribution in [0.3, 0.4) is 0 Å². The molecular weight excluding hydrogens is 238 g/mol. The maximum Gasteiger partial charge on any atom is 0.239 e. The lowest BCUT2D eigenvalue weighted by Gasteiger charge is -2.08. The Labute approximate surface area is 112 Å². The van der Waals surface area contributed by atoms with Crippen LogP contribution in [0.2, 0.25) is 0 Å². The molecule has 0 aliphatic carbocycles. The second-order valence-electron chi connectivity index (χ2n) is 4.30. The van der Waals surface area contributed by atoms with E-state index in [1.807, 2.05) is 49.4 Å². The van der Waals surface area contributed by atoms with Crippen LogP contribution in [0.5, 0.6) is 0 Å². The third-order valence-electron chi connectivity index (χ3n) is 2.68. The van der Waals surface area contributed by atoms with Gasteiger partial charge < -0.3 is 10.6 Å². The van der Waals surface area contributed by atoms with Crippen molar-refractivity contribution in [2.24, 2.45) is 0 Å². The molecule has 0 fully saturated rings. The molecule has 1 aromatic carbocycles. The molecule has 19 heavy (non-hydrogen) atoms. The van der Waals surface area contributed by atoms with Crippen molar-refractivity contribution in [1.82, 2.24) is 10.3 Å². The van der Waals surface area contributed by atoms with Gasteiger partial charge in [0.05, 0.1) is 6.54 Å². The summed E-state index contributed by atoms with van der Waals surface area (Å²) in [5.41, 5.74) is 2.92. The summed E-state index contributed by atoms with van der Waals surface area (Å²) in [6.45, 7) is 2.73. The lowest BCUT2D eigenvalue weighted by atomic mass is 10.2. The molecule has 0 unspecified atom stereocenters. The van der Waals surface area contributed by atoms with Crippen LogP contribution in [0.1, 0.15) is 11.3 Å². The van der Waals surface area contributed by atoms with Crippen LogP contribution in [0, 0.1) is 6.92 Å². The van der Waals surface area contributed by atoms with Gasteiger partial charge in [-0.15, -0.1) is 0 Å². The SMILES string of the molecule is Cc1cc(NCC(=O)NCc2ccccc2)ccn1. The maximum absolute atomic E-state index is 11.7. The second kappa shape index (κ2) is 6.54. The number of pyridine rings is 1. The molecule has 0 saturated carbocycles. The van der Waals surface area contributed by atoms with Gasteiger partial charge in [-0.1, -0.05) is 30.3 Å². The Morgan fingerprint density at radius 1 is 1.21 bits per heavy atom. The number of anilines is 1. The first-order chi connectivity index (χ1) is 9.24. The zero-order chi connectivity index (χ0) is 13.5. The van der Waals surface area contributed by atoms with E-state index in [1.165, 1.54) is 0 Å². The lowest BCUT2D eigenvalue weighted by Crippen LogP contribution is -2.29. The molecule has 98 valence electrons. The molecule has 4 heteroatoms. The number of aryl methyl sites for hydroxylation is 1. The van der Waals surface area contributed by atoms with Gasteiger partial charge in [-0.3, -0.25) is 9.78 Å². The molecule has 2 N–H and O–H groups in total. The van der Waals surface area contributed by atoms with Crippen LogP contribution in [-0.2, 0) is 11.3 Å². The van der Waals surface area contributed by atoms with Crippen molar-refractivity contribution in [1.29, 1.82) is 0 Å². The van der Waals surface area contributed by atoms with E-state index in [0.717, 1.165) is 16.9 Å². The summed E-state index contributed by atoms with van der Waals surface area (Å²) in [5, 5.41) is 5.94. The monoisotopic (exact) mass is 255 g/mol. The van der Waals surface area contributed by atoms with Crippen LogP contribution >= 0.6 is 0 Å². The molecule has 0 aliphatic heterocycles. The zero-order valence-corrected chi connectivity index (χ0v) is 10.9. The highest BCUT2D eigenvalue weighted by atomic mass is 16.1. The van der Waals surface area contributed by atoms with Gasteiger partial charge in [0.25, 0.3) is 0 Å². The Morgan fingerprint density at radius 2 is 2.00 bits per heavy atom. The molecule has 0 radical (unpaired) electrons. The van der Waals surface area contributed by atoms with Gasteiger partial charge in [0.15, 0.2) is 0 Å². The smallest absolute Gasteiger partial charge is 0.239 e. The van der Waals surface area contributed by atoms with Crippen LogP contribution < -0.4 is 10.6 Å². The number of aromatic nitrogens is 1. The predicted molar refractivity (Wildman–Crippen MR) is 75.8 cm³/mol. The van der Waals surface area contributed by atoms with Crippen molar-refractivity contribution >= 4 is 11.6 Å². The second-order valence-corrected chi connectivity index (χ2v) is 4.30. The average molecular weight is 255 g/mol. The predicted octanol–water partition coefficient (Wildman–Crippen LogP) is 2.12. The lowest BCUT2D eigenvalue weighted by molar-refractivity contribution is -0.119. The van der Waals surface area contributed by atoms with E-state index in [-0.39, 0.29) is 12.5 Å². The molecular formula is C15H17N3O. The standard InChI is InChI=1S/C15H17N3O/c1-12-9-14(7-8-16-12)17-11-15(19)18-10-13-5-3-2-4-6-13/h2-9H,10-11H2,1H3,(H,16,17)(H,18,19). The number of benzene rings is 1. The summed E-state index contributed by atoms with van der Waals surface area (Å²) in [6.07, 6.45) is 1.72. The third-order valence-corrected chi connectivity index (χ3v) is 2.68. The van der Waals surface area contributed by atoms with Crippen molar-refractivity contribution < 1.29 is 4.79 Å². The number of rotatable bonds is 5. The van der Waals surface area contributed by atoms with Crippen LogP contribution in [-0.4, -0.2) is 17.4 Å². The molecule has 2 aromatic rings. The first-order valence-electron chi connectivity index (χ1n) is 6.21. The van der Waals surface area contributed by atoms with E-state index in [1.54, 1.807) is 6.20 Å². The quantitative estimate of drug-likeness (QED) is 0.860. The van der Waals surface area contributed by atoms with E-state index >= 15 is 0 Å². The minimum atomic E-state index is -0.0293. The van der Waals surface area contributed by atoms with Crippen molar-refractivity contribution in [3.05, 3.63) is 59.9 Å². The molecule has 1 amide bonds. The van der Waals surface area contributed by atoms with Crippen LogP contribution in [0.25, 0.3) is 0 Å². The first-order valence-corrected chi connectivity index (χ1v) is 6.21. The van der Waals surface area contributed by atoms with Crippen molar-refractivity contribution in [3.63, 3.8) is 0 Å². The van der Waals surface area contributed by atoms with E-state index < -0.39 is 0 Å². The highest BCUT2D eigenvalue weighted by Gasteiger charge is 2.01. The third kappa shape index (κ3) is 4.43. The minimum absolute atomic E-state index is 0.0293. The summed E-state index contributed by atoms with van der Waals surface area (Å²) in [6, 6.07) is 13.6. The summed E-state index contributed by atoms with van der Waals surface area (Å²) in [4.78, 5) is 15.8.